The van der Waals surface area contributed by atoms with Crippen molar-refractivity contribution in [2.45, 2.75) is 89.3 Å². The lowest BCUT2D eigenvalue weighted by atomic mass is 10.1. The molecule has 1 aromatic rings. The molecule has 1 aromatic heterocycles. The molecule has 1 unspecified atom stereocenters. The Kier molecular flexibility index (Phi) is 10.3. The SMILES string of the molecule is CCCCCCCCCCCCCC(n1cc[n+](C)c1)S(=O)(=O)O. The first-order chi connectivity index (χ1) is 11.4. The van der Waals surface area contributed by atoms with Gasteiger partial charge in [-0.25, -0.2) is 9.13 Å². The molecule has 0 bridgehead atoms. The van der Waals surface area contributed by atoms with Gasteiger partial charge < -0.3 is 0 Å². The van der Waals surface area contributed by atoms with Crippen molar-refractivity contribution < 1.29 is 17.5 Å². The van der Waals surface area contributed by atoms with E-state index in [0.29, 0.717) is 6.42 Å². The van der Waals surface area contributed by atoms with Gasteiger partial charge in [0, 0.05) is 6.42 Å². The van der Waals surface area contributed by atoms with Crippen LogP contribution >= 0.6 is 0 Å². The van der Waals surface area contributed by atoms with Gasteiger partial charge in [0.15, 0.2) is 0 Å². The standard InChI is InChI=1S/C18H34N2O3S/c1-3-4-5-6-7-8-9-10-11-12-13-14-18(24(21,22)23)20-16-15-19(2)17-20/h15-18H,3-14H2,1-2H3/p+1. The van der Waals surface area contributed by atoms with Gasteiger partial charge in [0.1, 0.15) is 12.4 Å². The minimum Gasteiger partial charge on any atom is -0.282 e. The molecule has 0 saturated heterocycles. The lowest BCUT2D eigenvalue weighted by molar-refractivity contribution is -0.671. The summed E-state index contributed by atoms with van der Waals surface area (Å²) in [6, 6.07) is 0. The van der Waals surface area contributed by atoms with Crippen molar-refractivity contribution in [3.05, 3.63) is 18.7 Å². The lowest BCUT2D eigenvalue weighted by Gasteiger charge is -2.10. The fourth-order valence-electron chi connectivity index (χ4n) is 3.07. The summed E-state index contributed by atoms with van der Waals surface area (Å²) >= 11 is 0. The molecule has 0 radical (unpaired) electrons. The molecule has 1 rings (SSSR count). The molecule has 1 heterocycles. The number of rotatable bonds is 14. The maximum atomic E-state index is 11.6. The third kappa shape index (κ3) is 8.83. The Morgan fingerprint density at radius 1 is 0.958 bits per heavy atom. The summed E-state index contributed by atoms with van der Waals surface area (Å²) in [4.78, 5) is 0. The average Bonchev–Trinajstić information content (AvgIpc) is 2.93. The number of hydrogen-bond acceptors (Lipinski definition) is 2. The predicted octanol–water partition coefficient (Wildman–Crippen LogP) is 4.40. The quantitative estimate of drug-likeness (QED) is 0.304. The third-order valence-corrected chi connectivity index (χ3v) is 5.69. The van der Waals surface area contributed by atoms with Crippen LogP contribution in [0.15, 0.2) is 18.7 Å². The van der Waals surface area contributed by atoms with Crippen molar-refractivity contribution in [3.8, 4) is 0 Å². The molecule has 0 aliphatic heterocycles. The van der Waals surface area contributed by atoms with Crippen LogP contribution in [-0.2, 0) is 17.2 Å². The fraction of sp³-hybridized carbons (Fsp3) is 0.833. The summed E-state index contributed by atoms with van der Waals surface area (Å²) in [6.07, 6.45) is 19.2. The van der Waals surface area contributed by atoms with Crippen LogP contribution in [0.3, 0.4) is 0 Å². The molecule has 140 valence electrons. The first-order valence-corrected chi connectivity index (χ1v) is 10.9. The van der Waals surface area contributed by atoms with E-state index < -0.39 is 15.5 Å². The van der Waals surface area contributed by atoms with Crippen molar-refractivity contribution >= 4 is 10.1 Å². The number of unbranched alkanes of at least 4 members (excludes halogenated alkanes) is 10. The van der Waals surface area contributed by atoms with Crippen molar-refractivity contribution in [1.29, 1.82) is 0 Å². The van der Waals surface area contributed by atoms with Crippen LogP contribution in [0.2, 0.25) is 0 Å². The van der Waals surface area contributed by atoms with Gasteiger partial charge in [-0.3, -0.25) is 4.55 Å². The van der Waals surface area contributed by atoms with Gasteiger partial charge in [-0.1, -0.05) is 71.1 Å². The summed E-state index contributed by atoms with van der Waals surface area (Å²) in [5.74, 6) is 0. The summed E-state index contributed by atoms with van der Waals surface area (Å²) in [7, 11) is -2.23. The van der Waals surface area contributed by atoms with Gasteiger partial charge in [0.2, 0.25) is 11.7 Å². The molecule has 0 saturated carbocycles. The Balaban J connectivity index is 2.14. The maximum Gasteiger partial charge on any atom is 0.307 e. The van der Waals surface area contributed by atoms with Crippen molar-refractivity contribution in [3.63, 3.8) is 0 Å². The van der Waals surface area contributed by atoms with Crippen molar-refractivity contribution in [1.82, 2.24) is 4.57 Å². The number of nitrogens with zero attached hydrogens (tertiary/aromatic N) is 2. The molecule has 1 atom stereocenters. The molecule has 6 heteroatoms. The molecule has 0 fully saturated rings. The van der Waals surface area contributed by atoms with E-state index in [9.17, 15) is 13.0 Å². The zero-order valence-corrected chi connectivity index (χ0v) is 16.2. The van der Waals surface area contributed by atoms with Crippen LogP contribution in [0.1, 0.15) is 89.3 Å². The first-order valence-electron chi connectivity index (χ1n) is 9.44. The number of aromatic nitrogens is 2. The Labute approximate surface area is 147 Å². The van der Waals surface area contributed by atoms with Crippen LogP contribution in [0.5, 0.6) is 0 Å². The van der Waals surface area contributed by atoms with Gasteiger partial charge in [-0.05, 0) is 6.42 Å². The van der Waals surface area contributed by atoms with Gasteiger partial charge in [0.25, 0.3) is 0 Å². The van der Waals surface area contributed by atoms with Gasteiger partial charge in [-0.15, -0.1) is 0 Å². The van der Waals surface area contributed by atoms with Crippen LogP contribution in [0, 0.1) is 0 Å². The third-order valence-electron chi connectivity index (χ3n) is 4.52. The minimum atomic E-state index is -4.07. The van der Waals surface area contributed by atoms with E-state index in [1.807, 2.05) is 7.05 Å². The highest BCUT2D eigenvalue weighted by Crippen LogP contribution is 2.21. The summed E-state index contributed by atoms with van der Waals surface area (Å²) in [5.41, 5.74) is 0. The van der Waals surface area contributed by atoms with E-state index in [0.717, 1.165) is 19.3 Å². The van der Waals surface area contributed by atoms with Crippen LogP contribution < -0.4 is 4.57 Å². The molecule has 0 spiro atoms. The van der Waals surface area contributed by atoms with Crippen LogP contribution in [0.4, 0.5) is 0 Å². The van der Waals surface area contributed by atoms with Crippen molar-refractivity contribution in [2.75, 3.05) is 0 Å². The monoisotopic (exact) mass is 359 g/mol. The Morgan fingerprint density at radius 3 is 1.88 bits per heavy atom. The Morgan fingerprint density at radius 2 is 1.46 bits per heavy atom. The molecule has 5 nitrogen and oxygen atoms in total. The Bertz CT molecular complexity index is 540. The molecule has 0 amide bonds. The van der Waals surface area contributed by atoms with E-state index in [-0.39, 0.29) is 0 Å². The highest BCUT2D eigenvalue weighted by atomic mass is 32.2. The number of aryl methyl sites for hydroxylation is 1. The minimum absolute atomic E-state index is 0.463. The maximum absolute atomic E-state index is 11.6. The van der Waals surface area contributed by atoms with Gasteiger partial charge in [0.05, 0.1) is 7.05 Å². The predicted molar refractivity (Wildman–Crippen MR) is 97.3 cm³/mol. The normalized spacial score (nSPS) is 13.3. The van der Waals surface area contributed by atoms with E-state index in [4.69, 9.17) is 0 Å². The molecule has 24 heavy (non-hydrogen) atoms. The zero-order valence-electron chi connectivity index (χ0n) is 15.4. The Hall–Kier alpha value is -0.880. The average molecular weight is 360 g/mol. The summed E-state index contributed by atoms with van der Waals surface area (Å²) < 4.78 is 36.0. The highest BCUT2D eigenvalue weighted by Gasteiger charge is 2.28. The number of imidazole rings is 1. The lowest BCUT2D eigenvalue weighted by Crippen LogP contribution is -2.26. The van der Waals surface area contributed by atoms with Crippen LogP contribution in [0.25, 0.3) is 0 Å². The highest BCUT2D eigenvalue weighted by molar-refractivity contribution is 7.85. The smallest absolute Gasteiger partial charge is 0.282 e. The fourth-order valence-corrected chi connectivity index (χ4v) is 3.97. The largest absolute Gasteiger partial charge is 0.307 e. The molecule has 1 N–H and O–H groups in total. The topological polar surface area (TPSA) is 63.2 Å². The molecule has 0 aliphatic carbocycles. The van der Waals surface area contributed by atoms with Crippen molar-refractivity contribution in [2.24, 2.45) is 7.05 Å². The van der Waals surface area contributed by atoms with E-state index in [2.05, 4.69) is 6.92 Å². The summed E-state index contributed by atoms with van der Waals surface area (Å²) in [5, 5.41) is -0.864. The molecule has 0 aliphatic rings. The van der Waals surface area contributed by atoms with Gasteiger partial charge >= 0.3 is 10.1 Å². The van der Waals surface area contributed by atoms with E-state index in [1.165, 1.54) is 51.4 Å². The number of hydrogen-bond donors (Lipinski definition) is 1. The first kappa shape index (κ1) is 21.2. The molecular weight excluding hydrogens is 324 g/mol. The second kappa shape index (κ2) is 11.6. The molecule has 0 aromatic carbocycles. The molecular formula is C18H35N2O3S+. The van der Waals surface area contributed by atoms with Gasteiger partial charge in [-0.2, -0.15) is 8.42 Å². The van der Waals surface area contributed by atoms with E-state index >= 15 is 0 Å². The second-order valence-electron chi connectivity index (χ2n) is 6.82. The second-order valence-corrected chi connectivity index (χ2v) is 8.39. The van der Waals surface area contributed by atoms with E-state index in [1.54, 1.807) is 27.9 Å². The zero-order chi connectivity index (χ0) is 17.8. The van der Waals surface area contributed by atoms with Crippen LogP contribution in [-0.4, -0.2) is 17.5 Å². The summed E-state index contributed by atoms with van der Waals surface area (Å²) in [6.45, 7) is 2.24.